The maximum atomic E-state index is 12.5. The molecule has 0 unspecified atom stereocenters. The normalized spacial score (nSPS) is 16.1. The molecule has 33 heavy (non-hydrogen) atoms. The van der Waals surface area contributed by atoms with Crippen LogP contribution in [-0.4, -0.2) is 48.5 Å². The predicted octanol–water partition coefficient (Wildman–Crippen LogP) is 1.94. The Morgan fingerprint density at radius 2 is 1.88 bits per heavy atom. The Bertz CT molecular complexity index is 1110. The number of nitro benzene ring substituents is 1. The van der Waals surface area contributed by atoms with Gasteiger partial charge in [0.25, 0.3) is 11.6 Å². The van der Waals surface area contributed by atoms with Gasteiger partial charge in [0.15, 0.2) is 0 Å². The number of amides is 3. The number of anilines is 2. The molecule has 1 saturated heterocycles. The van der Waals surface area contributed by atoms with Crippen LogP contribution in [0.1, 0.15) is 28.8 Å². The monoisotopic (exact) mass is 453 g/mol. The van der Waals surface area contributed by atoms with E-state index < -0.39 is 16.7 Å². The molecule has 11 nitrogen and oxygen atoms in total. The van der Waals surface area contributed by atoms with Gasteiger partial charge in [-0.15, -0.1) is 0 Å². The molecule has 3 amide bonds. The number of carbonyl (C=O) groups is 3. The van der Waals surface area contributed by atoms with Crippen LogP contribution in [0.2, 0.25) is 0 Å². The Balaban J connectivity index is 1.50. The summed E-state index contributed by atoms with van der Waals surface area (Å²) in [6, 6.07) is 11.7. The molecule has 0 bridgehead atoms. The minimum absolute atomic E-state index is 0.0641. The van der Waals surface area contributed by atoms with Gasteiger partial charge in [-0.3, -0.25) is 24.6 Å². The molecule has 0 atom stereocenters. The highest BCUT2D eigenvalue weighted by atomic mass is 16.6. The van der Waals surface area contributed by atoms with Crippen LogP contribution in [0, 0.1) is 10.1 Å². The number of primary amides is 1. The number of ether oxygens (including phenoxy) is 1. The molecular formula is C22H23N5O6. The van der Waals surface area contributed by atoms with Crippen molar-refractivity contribution in [1.82, 2.24) is 5.32 Å². The van der Waals surface area contributed by atoms with Crippen molar-refractivity contribution >= 4 is 35.0 Å². The van der Waals surface area contributed by atoms with Crippen molar-refractivity contribution in [3.8, 4) is 0 Å². The summed E-state index contributed by atoms with van der Waals surface area (Å²) >= 11 is 0. The van der Waals surface area contributed by atoms with Crippen LogP contribution in [-0.2, 0) is 16.1 Å². The number of nitrogens with one attached hydrogen (secondary N) is 1. The van der Waals surface area contributed by atoms with Crippen molar-refractivity contribution in [2.24, 2.45) is 5.73 Å². The van der Waals surface area contributed by atoms with Gasteiger partial charge in [-0.1, -0.05) is 18.2 Å². The summed E-state index contributed by atoms with van der Waals surface area (Å²) in [5.41, 5.74) is 7.05. The van der Waals surface area contributed by atoms with Gasteiger partial charge in [0, 0.05) is 36.3 Å². The zero-order chi connectivity index (χ0) is 23.5. The van der Waals surface area contributed by atoms with E-state index >= 15 is 0 Å². The lowest BCUT2D eigenvalue weighted by molar-refractivity contribution is -0.384. The number of nitro groups is 1. The Hall–Kier alpha value is -4.15. The number of piperidine rings is 1. The molecule has 2 aromatic carbocycles. The largest absolute Gasteiger partial charge is 0.444 e. The maximum absolute atomic E-state index is 12.5. The first-order valence-electron chi connectivity index (χ1n) is 10.5. The van der Waals surface area contributed by atoms with E-state index in [1.165, 1.54) is 18.2 Å². The summed E-state index contributed by atoms with van der Waals surface area (Å²) in [4.78, 5) is 50.2. The second kappa shape index (κ2) is 9.15. The summed E-state index contributed by atoms with van der Waals surface area (Å²) in [6.07, 6.45) is 0.813. The maximum Gasteiger partial charge on any atom is 0.414 e. The zero-order valence-electron chi connectivity index (χ0n) is 17.7. The van der Waals surface area contributed by atoms with E-state index in [0.29, 0.717) is 31.6 Å². The molecule has 2 aliphatic rings. The van der Waals surface area contributed by atoms with Gasteiger partial charge in [0.05, 0.1) is 17.2 Å². The highest BCUT2D eigenvalue weighted by molar-refractivity contribution is 5.97. The van der Waals surface area contributed by atoms with E-state index in [2.05, 4.69) is 5.32 Å². The van der Waals surface area contributed by atoms with Gasteiger partial charge >= 0.3 is 6.09 Å². The molecule has 2 aromatic rings. The second-order valence-electron chi connectivity index (χ2n) is 7.88. The average molecular weight is 453 g/mol. The Labute approximate surface area is 189 Å². The van der Waals surface area contributed by atoms with Gasteiger partial charge in [-0.05, 0) is 31.0 Å². The van der Waals surface area contributed by atoms with Crippen molar-refractivity contribution in [3.63, 3.8) is 0 Å². The number of carbonyl (C=O) groups excluding carboxylic acids is 3. The first-order valence-corrected chi connectivity index (χ1v) is 10.5. The van der Waals surface area contributed by atoms with Crippen molar-refractivity contribution in [1.29, 1.82) is 0 Å². The predicted molar refractivity (Wildman–Crippen MR) is 119 cm³/mol. The number of hydrogen-bond acceptors (Lipinski definition) is 7. The van der Waals surface area contributed by atoms with Gasteiger partial charge < -0.3 is 20.7 Å². The van der Waals surface area contributed by atoms with Crippen LogP contribution in [0.4, 0.5) is 21.9 Å². The van der Waals surface area contributed by atoms with Crippen LogP contribution in [0.15, 0.2) is 42.5 Å². The minimum Gasteiger partial charge on any atom is -0.444 e. The van der Waals surface area contributed by atoms with E-state index in [9.17, 15) is 24.5 Å². The van der Waals surface area contributed by atoms with Crippen molar-refractivity contribution in [2.75, 3.05) is 29.4 Å². The number of fused-ring (bicyclic) bond motifs is 1. The molecule has 0 aliphatic carbocycles. The molecule has 0 aromatic heterocycles. The number of hydrogen-bond donors (Lipinski definition) is 2. The highest BCUT2D eigenvalue weighted by Gasteiger charge is 2.35. The topological polar surface area (TPSA) is 148 Å². The lowest BCUT2D eigenvalue weighted by Gasteiger charge is -2.40. The summed E-state index contributed by atoms with van der Waals surface area (Å²) in [5, 5.41) is 14.0. The molecule has 1 fully saturated rings. The molecule has 3 N–H and O–H groups in total. The molecule has 172 valence electrons. The Morgan fingerprint density at radius 3 is 2.58 bits per heavy atom. The van der Waals surface area contributed by atoms with Crippen molar-refractivity contribution in [3.05, 3.63) is 63.7 Å². The molecule has 2 heterocycles. The van der Waals surface area contributed by atoms with E-state index in [1.54, 1.807) is 4.90 Å². The Kier molecular flexibility index (Phi) is 6.11. The van der Waals surface area contributed by atoms with Gasteiger partial charge in [0.2, 0.25) is 5.91 Å². The van der Waals surface area contributed by atoms with E-state index in [0.717, 1.165) is 11.3 Å². The van der Waals surface area contributed by atoms with Gasteiger partial charge in [-0.2, -0.15) is 0 Å². The van der Waals surface area contributed by atoms with Crippen molar-refractivity contribution < 1.29 is 24.0 Å². The van der Waals surface area contributed by atoms with Crippen LogP contribution < -0.4 is 20.9 Å². The van der Waals surface area contributed by atoms with Gasteiger partial charge in [0.1, 0.15) is 12.3 Å². The number of nitrogens with two attached hydrogens (primary N) is 1. The minimum atomic E-state index is -0.711. The number of nitrogens with zero attached hydrogens (tertiary/aromatic N) is 3. The third-order valence-electron chi connectivity index (χ3n) is 5.83. The SMILES string of the molecule is NC(=O)CNC(=O)c1ccc(N2CCC(N3C(=O)OCc4ccccc43)CC2)c([N+](=O)[O-])c1. The average Bonchev–Trinajstić information content (AvgIpc) is 2.82. The summed E-state index contributed by atoms with van der Waals surface area (Å²) in [6.45, 7) is 0.870. The molecule has 4 rings (SSSR count). The smallest absolute Gasteiger partial charge is 0.414 e. The zero-order valence-corrected chi connectivity index (χ0v) is 17.7. The molecule has 2 aliphatic heterocycles. The second-order valence-corrected chi connectivity index (χ2v) is 7.88. The van der Waals surface area contributed by atoms with E-state index in [4.69, 9.17) is 10.5 Å². The number of benzene rings is 2. The first-order chi connectivity index (χ1) is 15.8. The fourth-order valence-corrected chi connectivity index (χ4v) is 4.23. The fraction of sp³-hybridized carbons (Fsp3) is 0.318. The molecule has 0 saturated carbocycles. The first kappa shape index (κ1) is 22.1. The van der Waals surface area contributed by atoms with Crippen molar-refractivity contribution in [2.45, 2.75) is 25.5 Å². The number of rotatable bonds is 6. The molecule has 0 radical (unpaired) electrons. The van der Waals surface area contributed by atoms with Crippen LogP contribution in [0.25, 0.3) is 0 Å². The van der Waals surface area contributed by atoms with Crippen LogP contribution in [0.3, 0.4) is 0 Å². The fourth-order valence-electron chi connectivity index (χ4n) is 4.23. The molecule has 11 heteroatoms. The number of para-hydroxylation sites is 1. The van der Waals surface area contributed by atoms with E-state index in [-0.39, 0.29) is 36.5 Å². The summed E-state index contributed by atoms with van der Waals surface area (Å²) < 4.78 is 5.32. The molecule has 0 spiro atoms. The highest BCUT2D eigenvalue weighted by Crippen LogP contribution is 2.35. The Morgan fingerprint density at radius 1 is 1.15 bits per heavy atom. The van der Waals surface area contributed by atoms with E-state index in [1.807, 2.05) is 29.2 Å². The summed E-state index contributed by atoms with van der Waals surface area (Å²) in [7, 11) is 0. The summed E-state index contributed by atoms with van der Waals surface area (Å²) in [5.74, 6) is -1.33. The third kappa shape index (κ3) is 4.56. The lowest BCUT2D eigenvalue weighted by Crippen LogP contribution is -2.49. The lowest BCUT2D eigenvalue weighted by atomic mass is 9.99. The van der Waals surface area contributed by atoms with Gasteiger partial charge in [-0.25, -0.2) is 4.79 Å². The molecular weight excluding hydrogens is 430 g/mol. The standard InChI is InChI=1S/C22H23N5O6/c23-20(28)12-24-21(29)14-5-6-18(19(11-14)27(31)32)25-9-7-16(8-10-25)26-17-4-2-1-3-15(17)13-33-22(26)30/h1-6,11,16H,7-10,12-13H2,(H2,23,28)(H,24,29). The number of cyclic esters (lactones) is 1. The third-order valence-corrected chi connectivity index (χ3v) is 5.83. The van der Waals surface area contributed by atoms with Crippen LogP contribution in [0.5, 0.6) is 0 Å². The van der Waals surface area contributed by atoms with Crippen LogP contribution >= 0.6 is 0 Å². The quantitative estimate of drug-likeness (QED) is 0.501.